The summed E-state index contributed by atoms with van der Waals surface area (Å²) in [7, 11) is -10.9. The molecule has 3 unspecified atom stereocenters. The van der Waals surface area contributed by atoms with Crippen LogP contribution in [0.4, 0.5) is 5.82 Å². The van der Waals surface area contributed by atoms with Crippen molar-refractivity contribution in [3.05, 3.63) is 156 Å². The molecule has 1 aromatic heterocycles. The fourth-order valence-electron chi connectivity index (χ4n) is 6.73. The third kappa shape index (κ3) is 33.8. The van der Waals surface area contributed by atoms with Crippen LogP contribution in [-0.4, -0.2) is 85.7 Å². The van der Waals surface area contributed by atoms with Crippen LogP contribution in [0.1, 0.15) is 136 Å². The van der Waals surface area contributed by atoms with Crippen molar-refractivity contribution >= 4 is 33.4 Å². The molecule has 18 nitrogen and oxygen atoms in total. The summed E-state index contributed by atoms with van der Waals surface area (Å²) in [6, 6.07) is 1.24. The second kappa shape index (κ2) is 42.0. The Bertz CT molecular complexity index is 2300. The van der Waals surface area contributed by atoms with Crippen LogP contribution >= 0.6 is 15.6 Å². The third-order valence-corrected chi connectivity index (χ3v) is 13.3. The van der Waals surface area contributed by atoms with E-state index in [4.69, 9.17) is 29.0 Å². The number of esters is 2. The molecule has 2 rings (SSSR count). The van der Waals surface area contributed by atoms with E-state index in [9.17, 15) is 43.5 Å². The lowest BCUT2D eigenvalue weighted by Crippen LogP contribution is -2.36. The number of phosphoric acid groups is 2. The maximum absolute atomic E-state index is 12.9. The van der Waals surface area contributed by atoms with Crippen LogP contribution in [0, 0.1) is 0 Å². The number of nitrogens with two attached hydrogens (primary N) is 1. The quantitative estimate of drug-likeness (QED) is 0.0177. The Labute approximate surface area is 449 Å². The number of nitrogen functional groups attached to an aromatic ring is 1. The lowest BCUT2D eigenvalue weighted by molar-refractivity contribution is -0.161. The molecular weight excluding hydrogens is 1020 g/mol. The standard InChI is InChI=1S/C56H83N3O15P2/c1-3-5-7-9-11-13-15-17-19-21-23-25-27-29-31-33-35-37-39-41-51(60)69-45-48(72-52(61)42-40-38-36-34-32-30-28-26-24-22-20-18-16-14-12-10-8-6-4-2)46-70-75(65,66)74-76(67,68)71-47-49-53(62)54(63)55(73-49)59-44-43-50(57)58-56(59)64/h5,7,11-14,17-20,23-26,29-32,35-38,43-44,48-49,53-55,62-63H,3-4,6,8-10,15-16,21-22,27-28,33-34,39-42,45-47H2,1-2H3,(H,65,66)(H,67,68)(H2,57,58,64)/b7-5-,13-11-,14-12-,19-17-,20-18-,25-23-,26-24-,31-29-,32-30-,37-35-,38-36-/t48-,49-,53+,54?,55-/m1/s1. The molecule has 1 saturated heterocycles. The van der Waals surface area contributed by atoms with Gasteiger partial charge in [0.25, 0.3) is 0 Å². The zero-order valence-electron chi connectivity index (χ0n) is 44.2. The van der Waals surface area contributed by atoms with E-state index in [1.54, 1.807) is 6.08 Å². The Morgan fingerprint density at radius 3 is 1.57 bits per heavy atom. The third-order valence-electron chi connectivity index (χ3n) is 10.7. The van der Waals surface area contributed by atoms with Crippen LogP contribution in [0.15, 0.2) is 151 Å². The molecule has 0 saturated carbocycles. The second-order valence-electron chi connectivity index (χ2n) is 17.3. The highest BCUT2D eigenvalue weighted by molar-refractivity contribution is 7.61. The predicted octanol–water partition coefficient (Wildman–Crippen LogP) is 11.3. The molecule has 0 amide bonds. The summed E-state index contributed by atoms with van der Waals surface area (Å²) in [5.41, 5.74) is 4.58. The summed E-state index contributed by atoms with van der Waals surface area (Å²) in [6.45, 7) is 1.86. The number of carbonyl (C=O) groups is 2. The zero-order chi connectivity index (χ0) is 55.5. The molecule has 0 aliphatic carbocycles. The monoisotopic (exact) mass is 1100 g/mol. The van der Waals surface area contributed by atoms with Crippen molar-refractivity contribution in [2.45, 2.75) is 160 Å². The molecule has 76 heavy (non-hydrogen) atoms. The van der Waals surface area contributed by atoms with Gasteiger partial charge in [0.2, 0.25) is 0 Å². The topological polar surface area (TPSA) is 265 Å². The summed E-state index contributed by atoms with van der Waals surface area (Å²) in [5, 5.41) is 20.9. The van der Waals surface area contributed by atoms with Gasteiger partial charge in [-0.1, -0.05) is 160 Å². The van der Waals surface area contributed by atoms with E-state index in [0.29, 0.717) is 25.7 Å². The largest absolute Gasteiger partial charge is 0.481 e. The molecular formula is C56H83N3O15P2. The molecule has 1 aromatic rings. The predicted molar refractivity (Wildman–Crippen MR) is 297 cm³/mol. The molecule has 422 valence electrons. The van der Waals surface area contributed by atoms with Gasteiger partial charge in [0.1, 0.15) is 30.7 Å². The van der Waals surface area contributed by atoms with Crippen molar-refractivity contribution < 1.29 is 66.3 Å². The first-order valence-corrected chi connectivity index (χ1v) is 29.2. The number of aromatic nitrogens is 2. The first-order chi connectivity index (χ1) is 36.7. The van der Waals surface area contributed by atoms with Gasteiger partial charge in [-0.15, -0.1) is 0 Å². The van der Waals surface area contributed by atoms with E-state index < -0.39 is 83.7 Å². The van der Waals surface area contributed by atoms with Crippen molar-refractivity contribution in [1.82, 2.24) is 9.55 Å². The Kier molecular flexibility index (Phi) is 37.0. The van der Waals surface area contributed by atoms with Crippen molar-refractivity contribution in [1.29, 1.82) is 0 Å². The van der Waals surface area contributed by atoms with Crippen molar-refractivity contribution in [3.63, 3.8) is 0 Å². The van der Waals surface area contributed by atoms with Gasteiger partial charge in [0, 0.05) is 19.0 Å². The molecule has 0 radical (unpaired) electrons. The minimum absolute atomic E-state index is 0.0225. The molecule has 7 atom stereocenters. The number of aliphatic hydroxyl groups excluding tert-OH is 2. The molecule has 1 fully saturated rings. The van der Waals surface area contributed by atoms with E-state index in [2.05, 4.69) is 108 Å². The van der Waals surface area contributed by atoms with E-state index in [-0.39, 0.29) is 18.7 Å². The van der Waals surface area contributed by atoms with Crippen LogP contribution in [0.3, 0.4) is 0 Å². The van der Waals surface area contributed by atoms with Gasteiger partial charge in [0.05, 0.1) is 13.2 Å². The fraction of sp³-hybridized carbons (Fsp3) is 0.500. The number of aliphatic hydroxyl groups is 2. The molecule has 0 aromatic carbocycles. The molecule has 2 heterocycles. The first kappa shape index (κ1) is 67.0. The number of hydrogen-bond donors (Lipinski definition) is 5. The number of anilines is 1. The zero-order valence-corrected chi connectivity index (χ0v) is 46.0. The number of rotatable bonds is 41. The maximum Gasteiger partial charge on any atom is 0.481 e. The lowest BCUT2D eigenvalue weighted by Gasteiger charge is -2.21. The average molecular weight is 1100 g/mol. The Morgan fingerprint density at radius 2 is 1.09 bits per heavy atom. The van der Waals surface area contributed by atoms with E-state index in [1.807, 2.05) is 42.5 Å². The van der Waals surface area contributed by atoms with Gasteiger partial charge in [-0.05, 0) is 96.0 Å². The molecule has 20 heteroatoms. The van der Waals surface area contributed by atoms with Gasteiger partial charge in [-0.3, -0.25) is 23.2 Å². The van der Waals surface area contributed by atoms with Crippen LogP contribution in [0.5, 0.6) is 0 Å². The van der Waals surface area contributed by atoms with Crippen LogP contribution < -0.4 is 11.4 Å². The molecule has 0 bridgehead atoms. The van der Waals surface area contributed by atoms with E-state index in [0.717, 1.165) is 68.6 Å². The van der Waals surface area contributed by atoms with Gasteiger partial charge >= 0.3 is 33.3 Å². The number of allylic oxidation sites excluding steroid dienone is 22. The molecule has 1 aliphatic heterocycles. The minimum atomic E-state index is -5.47. The van der Waals surface area contributed by atoms with Crippen LogP contribution in [-0.2, 0) is 46.3 Å². The van der Waals surface area contributed by atoms with Crippen molar-refractivity contribution in [3.8, 4) is 0 Å². The smallest absolute Gasteiger partial charge is 0.462 e. The highest BCUT2D eigenvalue weighted by atomic mass is 31.3. The summed E-state index contributed by atoms with van der Waals surface area (Å²) < 4.78 is 56.6. The second-order valence-corrected chi connectivity index (χ2v) is 20.3. The average Bonchev–Trinajstić information content (AvgIpc) is 3.66. The fourth-order valence-corrected chi connectivity index (χ4v) is 8.84. The first-order valence-electron chi connectivity index (χ1n) is 26.2. The molecule has 0 spiro atoms. The number of ether oxygens (including phenoxy) is 3. The van der Waals surface area contributed by atoms with E-state index in [1.165, 1.54) is 25.3 Å². The summed E-state index contributed by atoms with van der Waals surface area (Å²) >= 11 is 0. The Morgan fingerprint density at radius 1 is 0.645 bits per heavy atom. The number of phosphoric ester groups is 2. The summed E-state index contributed by atoms with van der Waals surface area (Å²) in [4.78, 5) is 61.9. The number of unbranched alkanes of at least 4 members (excludes halogenated alkanes) is 3. The SMILES string of the molecule is CC/C=C\C/C=C\C/C=C\C/C=C\C/C=C\C/C=C\CCC(=O)OC[C@H](COP(=O)(O)OP(=O)(O)OC[C@H]1O[C@@H](n2ccc(N)nc2=O)C(O)[C@H]1O)OC(=O)CC/C=C\C/C=C\C/C=C\C/C=C\C/C=C\CCCCC. The van der Waals surface area contributed by atoms with Gasteiger partial charge < -0.3 is 39.9 Å². The van der Waals surface area contributed by atoms with Gasteiger partial charge in [0.15, 0.2) is 12.3 Å². The Balaban J connectivity index is 1.86. The maximum atomic E-state index is 12.9. The highest BCUT2D eigenvalue weighted by Gasteiger charge is 2.46. The summed E-state index contributed by atoms with van der Waals surface area (Å²) in [6.07, 6.45) is 52.7. The highest BCUT2D eigenvalue weighted by Crippen LogP contribution is 2.60. The number of nitrogens with zero attached hydrogens (tertiary/aromatic N) is 2. The molecule has 1 aliphatic rings. The van der Waals surface area contributed by atoms with Crippen LogP contribution in [0.2, 0.25) is 0 Å². The minimum Gasteiger partial charge on any atom is -0.462 e. The van der Waals surface area contributed by atoms with Gasteiger partial charge in [-0.25, -0.2) is 13.9 Å². The summed E-state index contributed by atoms with van der Waals surface area (Å²) in [5.74, 6) is -1.51. The Hall–Kier alpha value is -5.10. The van der Waals surface area contributed by atoms with Crippen molar-refractivity contribution in [2.24, 2.45) is 0 Å². The van der Waals surface area contributed by atoms with Gasteiger partial charge in [-0.2, -0.15) is 9.29 Å². The number of carbonyl (C=O) groups excluding carboxylic acids is 2. The lowest BCUT2D eigenvalue weighted by atomic mass is 10.1. The van der Waals surface area contributed by atoms with E-state index >= 15 is 0 Å². The molecule has 6 N–H and O–H groups in total. The normalized spacial score (nSPS) is 19.8. The number of hydrogen-bond acceptors (Lipinski definition) is 15. The van der Waals surface area contributed by atoms with Crippen LogP contribution in [0.25, 0.3) is 0 Å². The van der Waals surface area contributed by atoms with Crippen molar-refractivity contribution in [2.75, 3.05) is 25.6 Å².